The molecule has 3 heterocycles. The van der Waals surface area contributed by atoms with Gasteiger partial charge in [0.25, 0.3) is 0 Å². The Kier molecular flexibility index (Phi) is 6.34. The van der Waals surface area contributed by atoms with Crippen molar-refractivity contribution in [1.29, 1.82) is 0 Å². The molecule has 2 N–H and O–H groups in total. The molecule has 1 atom stereocenters. The molecule has 2 aromatic heterocycles. The Morgan fingerprint density at radius 1 is 1.27 bits per heavy atom. The summed E-state index contributed by atoms with van der Waals surface area (Å²) in [6.45, 7) is 2.79. The van der Waals surface area contributed by atoms with Gasteiger partial charge in [-0.25, -0.2) is 4.98 Å². The van der Waals surface area contributed by atoms with Crippen molar-refractivity contribution in [2.75, 3.05) is 13.2 Å². The Hall–Kier alpha value is -3.07. The number of benzene rings is 1. The van der Waals surface area contributed by atoms with Gasteiger partial charge in [-0.2, -0.15) is 13.2 Å². The zero-order chi connectivity index (χ0) is 23.8. The van der Waals surface area contributed by atoms with Gasteiger partial charge in [-0.3, -0.25) is 4.79 Å². The van der Waals surface area contributed by atoms with E-state index in [1.807, 2.05) is 17.8 Å². The molecule has 3 aromatic rings. The van der Waals surface area contributed by atoms with E-state index in [4.69, 9.17) is 4.74 Å². The van der Waals surface area contributed by atoms with Gasteiger partial charge >= 0.3 is 6.18 Å². The summed E-state index contributed by atoms with van der Waals surface area (Å²) in [6.07, 6.45) is -1.51. The molecule has 1 fully saturated rings. The van der Waals surface area contributed by atoms with E-state index in [2.05, 4.69) is 10.3 Å². The molecule has 4 rings (SSSR count). The minimum absolute atomic E-state index is 0.0804. The second kappa shape index (κ2) is 9.05. The fourth-order valence-electron chi connectivity index (χ4n) is 4.37. The summed E-state index contributed by atoms with van der Waals surface area (Å²) in [4.78, 5) is 16.9. The van der Waals surface area contributed by atoms with Crippen molar-refractivity contribution in [1.82, 2.24) is 14.9 Å². The largest absolute Gasteiger partial charge is 0.508 e. The van der Waals surface area contributed by atoms with E-state index in [0.29, 0.717) is 37.3 Å². The Bertz CT molecular complexity index is 1170. The lowest BCUT2D eigenvalue weighted by molar-refractivity contribution is -0.141. The number of nitrogens with zero attached hydrogens (tertiary/aromatic N) is 2. The first-order valence-corrected chi connectivity index (χ1v) is 10.9. The number of aromatic nitrogens is 2. The quantitative estimate of drug-likeness (QED) is 0.582. The number of amides is 1. The summed E-state index contributed by atoms with van der Waals surface area (Å²) in [5.74, 6) is -0.820. The number of alkyl halides is 3. The summed E-state index contributed by atoms with van der Waals surface area (Å²) < 4.78 is 47.0. The van der Waals surface area contributed by atoms with Gasteiger partial charge in [0, 0.05) is 55.5 Å². The molecule has 0 radical (unpaired) electrons. The molecule has 176 valence electrons. The number of rotatable bonds is 5. The molecule has 1 aliphatic heterocycles. The number of hydrogen-bond acceptors (Lipinski definition) is 4. The normalized spacial score (nSPS) is 16.2. The lowest BCUT2D eigenvalue weighted by Crippen LogP contribution is -2.29. The minimum atomic E-state index is -4.53. The van der Waals surface area contributed by atoms with E-state index in [0.717, 1.165) is 22.5 Å². The van der Waals surface area contributed by atoms with Crippen LogP contribution >= 0.6 is 0 Å². The maximum absolute atomic E-state index is 13.3. The molecule has 1 unspecified atom stereocenters. The number of nitrogens with one attached hydrogen (secondary N) is 1. The predicted molar refractivity (Wildman–Crippen MR) is 117 cm³/mol. The van der Waals surface area contributed by atoms with Crippen LogP contribution in [0.5, 0.6) is 5.75 Å². The molecule has 9 heteroatoms. The van der Waals surface area contributed by atoms with Crippen molar-refractivity contribution < 1.29 is 27.8 Å². The number of halogens is 3. The fourth-order valence-corrected chi connectivity index (χ4v) is 4.37. The number of hydrogen-bond donors (Lipinski definition) is 2. The Balaban J connectivity index is 1.56. The minimum Gasteiger partial charge on any atom is -0.508 e. The SMILES string of the molecule is CC(C(=O)NCc1ccc(C(F)(F)F)nc1C1CCOCC1)c1cn(C)c2ccc(O)cc12. The monoisotopic (exact) mass is 461 g/mol. The van der Waals surface area contributed by atoms with Crippen LogP contribution in [0.4, 0.5) is 13.2 Å². The highest BCUT2D eigenvalue weighted by Gasteiger charge is 2.34. The third-order valence-electron chi connectivity index (χ3n) is 6.23. The summed E-state index contributed by atoms with van der Waals surface area (Å²) in [5, 5.41) is 13.5. The molecule has 1 aliphatic rings. The highest BCUT2D eigenvalue weighted by Crippen LogP contribution is 2.34. The predicted octanol–water partition coefficient (Wildman–Crippen LogP) is 4.61. The average Bonchev–Trinajstić information content (AvgIpc) is 3.12. The van der Waals surface area contributed by atoms with Crippen LogP contribution < -0.4 is 5.32 Å². The van der Waals surface area contributed by atoms with Gasteiger partial charge in [0.2, 0.25) is 5.91 Å². The van der Waals surface area contributed by atoms with Crippen molar-refractivity contribution in [3.05, 3.63) is 59.0 Å². The number of carbonyl (C=O) groups excluding carboxylic acids is 1. The molecule has 33 heavy (non-hydrogen) atoms. The molecule has 0 aliphatic carbocycles. The highest BCUT2D eigenvalue weighted by atomic mass is 19.4. The molecule has 1 aromatic carbocycles. The van der Waals surface area contributed by atoms with Crippen molar-refractivity contribution in [3.63, 3.8) is 0 Å². The number of carbonyl (C=O) groups is 1. The van der Waals surface area contributed by atoms with E-state index in [-0.39, 0.29) is 24.1 Å². The van der Waals surface area contributed by atoms with E-state index in [1.54, 1.807) is 25.1 Å². The van der Waals surface area contributed by atoms with Crippen molar-refractivity contribution in [2.24, 2.45) is 7.05 Å². The van der Waals surface area contributed by atoms with Gasteiger partial charge in [-0.1, -0.05) is 6.07 Å². The van der Waals surface area contributed by atoms with Gasteiger partial charge < -0.3 is 19.7 Å². The smallest absolute Gasteiger partial charge is 0.433 e. The topological polar surface area (TPSA) is 76.4 Å². The second-order valence-electron chi connectivity index (χ2n) is 8.46. The number of aromatic hydroxyl groups is 1. The molecular formula is C24H26F3N3O3. The zero-order valence-electron chi connectivity index (χ0n) is 18.4. The third kappa shape index (κ3) is 4.83. The summed E-state index contributed by atoms with van der Waals surface area (Å²) >= 11 is 0. The van der Waals surface area contributed by atoms with Crippen LogP contribution in [0.2, 0.25) is 0 Å². The number of fused-ring (bicyclic) bond motifs is 1. The van der Waals surface area contributed by atoms with Crippen molar-refractivity contribution in [3.8, 4) is 5.75 Å². The lowest BCUT2D eigenvalue weighted by atomic mass is 9.92. The standard InChI is InChI=1S/C24H26F3N3O3/c1-14(19-13-30(2)20-5-4-17(31)11-18(19)20)23(32)28-12-16-3-6-21(24(25,26)27)29-22(16)15-7-9-33-10-8-15/h3-6,11,13-15,31H,7-10,12H2,1-2H3,(H,28,32). The van der Waals surface area contributed by atoms with Gasteiger partial charge in [0.1, 0.15) is 11.4 Å². The molecule has 0 bridgehead atoms. The molecule has 1 saturated heterocycles. The average molecular weight is 461 g/mol. The molecule has 6 nitrogen and oxygen atoms in total. The van der Waals surface area contributed by atoms with Crippen LogP contribution in [-0.4, -0.2) is 33.8 Å². The third-order valence-corrected chi connectivity index (χ3v) is 6.23. The van der Waals surface area contributed by atoms with Crippen LogP contribution in [0.1, 0.15) is 54.1 Å². The molecule has 1 amide bonds. The first-order chi connectivity index (χ1) is 15.6. The van der Waals surface area contributed by atoms with Crippen LogP contribution in [0.3, 0.4) is 0 Å². The molecule has 0 spiro atoms. The first kappa shape index (κ1) is 23.1. The summed E-state index contributed by atoms with van der Waals surface area (Å²) in [5.41, 5.74) is 1.66. The number of aryl methyl sites for hydroxylation is 1. The number of phenolic OH excluding ortho intramolecular Hbond substituents is 1. The van der Waals surface area contributed by atoms with Crippen molar-refractivity contribution >= 4 is 16.8 Å². The highest BCUT2D eigenvalue weighted by molar-refractivity contribution is 5.92. The molecule has 0 saturated carbocycles. The van der Waals surface area contributed by atoms with Gasteiger partial charge in [-0.15, -0.1) is 0 Å². The zero-order valence-corrected chi connectivity index (χ0v) is 18.4. The van der Waals surface area contributed by atoms with Gasteiger partial charge in [0.05, 0.1) is 5.92 Å². The number of ether oxygens (including phenoxy) is 1. The maximum atomic E-state index is 13.3. The van der Waals surface area contributed by atoms with Crippen LogP contribution in [0, 0.1) is 0 Å². The Labute approximate surface area is 189 Å². The van der Waals surface area contributed by atoms with Crippen LogP contribution in [0.25, 0.3) is 10.9 Å². The maximum Gasteiger partial charge on any atom is 0.433 e. The van der Waals surface area contributed by atoms with Crippen LogP contribution in [0.15, 0.2) is 36.5 Å². The number of pyridine rings is 1. The first-order valence-electron chi connectivity index (χ1n) is 10.9. The Morgan fingerprint density at radius 2 is 2.00 bits per heavy atom. The van der Waals surface area contributed by atoms with Gasteiger partial charge in [-0.05, 0) is 55.2 Å². The van der Waals surface area contributed by atoms with Crippen molar-refractivity contribution in [2.45, 2.75) is 44.3 Å². The summed E-state index contributed by atoms with van der Waals surface area (Å²) in [6, 6.07) is 7.36. The van der Waals surface area contributed by atoms with E-state index in [1.165, 1.54) is 6.07 Å². The Morgan fingerprint density at radius 3 is 2.70 bits per heavy atom. The number of phenols is 1. The van der Waals surface area contributed by atoms with Crippen LogP contribution in [-0.2, 0) is 29.3 Å². The molecular weight excluding hydrogens is 435 g/mol. The lowest BCUT2D eigenvalue weighted by Gasteiger charge is -2.25. The van der Waals surface area contributed by atoms with E-state index < -0.39 is 17.8 Å². The second-order valence-corrected chi connectivity index (χ2v) is 8.46. The van der Waals surface area contributed by atoms with E-state index in [9.17, 15) is 23.1 Å². The van der Waals surface area contributed by atoms with Gasteiger partial charge in [0.15, 0.2) is 0 Å². The fraction of sp³-hybridized carbons (Fsp3) is 0.417. The van der Waals surface area contributed by atoms with E-state index >= 15 is 0 Å². The summed E-state index contributed by atoms with van der Waals surface area (Å²) in [7, 11) is 1.86.